The van der Waals surface area contributed by atoms with E-state index in [-0.39, 0.29) is 12.0 Å². The lowest BCUT2D eigenvalue weighted by Crippen LogP contribution is -2.56. The fourth-order valence-corrected chi connectivity index (χ4v) is 3.34. The predicted octanol–water partition coefficient (Wildman–Crippen LogP) is 2.36. The third kappa shape index (κ3) is 4.34. The Morgan fingerprint density at radius 2 is 1.75 bits per heavy atom. The molecule has 166 valence electrons. The van der Waals surface area contributed by atoms with Gasteiger partial charge in [0.25, 0.3) is 17.5 Å². The Bertz CT molecular complexity index is 1100. The summed E-state index contributed by atoms with van der Waals surface area (Å²) in [6, 6.07) is 10.7. The first-order valence-corrected chi connectivity index (χ1v) is 9.92. The molecule has 32 heavy (non-hydrogen) atoms. The summed E-state index contributed by atoms with van der Waals surface area (Å²) in [6.45, 7) is 5.01. The second-order valence-corrected chi connectivity index (χ2v) is 7.70. The van der Waals surface area contributed by atoms with Crippen LogP contribution in [-0.2, 0) is 14.4 Å². The molecule has 0 radical (unpaired) electrons. The highest BCUT2D eigenvalue weighted by molar-refractivity contribution is 6.23. The maximum Gasteiger partial charge on any atom is 0.282 e. The zero-order valence-corrected chi connectivity index (χ0v) is 17.8. The van der Waals surface area contributed by atoms with E-state index in [1.165, 1.54) is 18.2 Å². The number of amides is 4. The zero-order chi connectivity index (χ0) is 23.6. The largest absolute Gasteiger partial charge is 0.282 e. The number of imide groups is 1. The average Bonchev–Trinajstić information content (AvgIpc) is 3.05. The number of hydrogen-bond acceptors (Lipinski definition) is 6. The van der Waals surface area contributed by atoms with Gasteiger partial charge in [0.15, 0.2) is 0 Å². The molecule has 1 heterocycles. The van der Waals surface area contributed by atoms with Crippen molar-refractivity contribution in [3.05, 3.63) is 69.8 Å². The highest BCUT2D eigenvalue weighted by Gasteiger charge is 2.45. The summed E-state index contributed by atoms with van der Waals surface area (Å²) >= 11 is 0. The highest BCUT2D eigenvalue weighted by Crippen LogP contribution is 2.27. The Hall–Kier alpha value is -4.08. The zero-order valence-electron chi connectivity index (χ0n) is 17.8. The number of nitrogens with one attached hydrogen (secondary N) is 1. The molecule has 0 aromatic heterocycles. The minimum atomic E-state index is -1.27. The van der Waals surface area contributed by atoms with Crippen molar-refractivity contribution in [2.45, 2.75) is 33.2 Å². The summed E-state index contributed by atoms with van der Waals surface area (Å²) in [5.41, 5.74) is 2.90. The summed E-state index contributed by atoms with van der Waals surface area (Å²) in [5, 5.41) is 12.1. The number of nitro benzene ring substituents is 1. The molecule has 10 heteroatoms. The van der Waals surface area contributed by atoms with Gasteiger partial charge in [0.05, 0.1) is 17.0 Å². The molecule has 0 spiro atoms. The molecule has 1 saturated heterocycles. The van der Waals surface area contributed by atoms with Gasteiger partial charge in [0, 0.05) is 12.0 Å². The van der Waals surface area contributed by atoms with Gasteiger partial charge in [-0.25, -0.2) is 9.91 Å². The fourth-order valence-electron chi connectivity index (χ4n) is 3.34. The van der Waals surface area contributed by atoms with E-state index in [0.717, 1.165) is 21.5 Å². The molecule has 1 fully saturated rings. The van der Waals surface area contributed by atoms with E-state index >= 15 is 0 Å². The Morgan fingerprint density at radius 3 is 2.34 bits per heavy atom. The maximum absolute atomic E-state index is 13.1. The molecule has 2 aromatic carbocycles. The van der Waals surface area contributed by atoms with Crippen molar-refractivity contribution in [1.29, 1.82) is 0 Å². The van der Waals surface area contributed by atoms with Crippen LogP contribution in [0.15, 0.2) is 48.5 Å². The van der Waals surface area contributed by atoms with Gasteiger partial charge < -0.3 is 0 Å². The number of nitro groups is 1. The first-order valence-electron chi connectivity index (χ1n) is 9.92. The lowest BCUT2D eigenvalue weighted by Gasteiger charge is -2.29. The number of nitrogens with zero attached hydrogens (tertiary/aromatic N) is 3. The van der Waals surface area contributed by atoms with Gasteiger partial charge in [-0.2, -0.15) is 0 Å². The van der Waals surface area contributed by atoms with Crippen LogP contribution in [0.3, 0.4) is 0 Å². The van der Waals surface area contributed by atoms with Crippen LogP contribution in [-0.4, -0.2) is 39.6 Å². The molecule has 4 amide bonds. The van der Waals surface area contributed by atoms with Crippen LogP contribution < -0.4 is 10.3 Å². The van der Waals surface area contributed by atoms with Crippen LogP contribution >= 0.6 is 0 Å². The fraction of sp³-hybridized carbons (Fsp3) is 0.273. The van der Waals surface area contributed by atoms with Crippen molar-refractivity contribution >= 4 is 35.0 Å². The Morgan fingerprint density at radius 1 is 1.12 bits per heavy atom. The van der Waals surface area contributed by atoms with Crippen LogP contribution in [0.1, 0.15) is 36.2 Å². The van der Waals surface area contributed by atoms with E-state index in [0.29, 0.717) is 5.69 Å². The smallest absolute Gasteiger partial charge is 0.274 e. The van der Waals surface area contributed by atoms with Crippen LogP contribution in [0.2, 0.25) is 0 Å². The Balaban J connectivity index is 1.93. The van der Waals surface area contributed by atoms with E-state index in [9.17, 15) is 29.3 Å². The van der Waals surface area contributed by atoms with E-state index in [1.54, 1.807) is 38.1 Å². The lowest BCUT2D eigenvalue weighted by atomic mass is 10.1. The summed E-state index contributed by atoms with van der Waals surface area (Å²) in [4.78, 5) is 63.0. The molecule has 1 aliphatic heterocycles. The van der Waals surface area contributed by atoms with Crippen LogP contribution in [0.25, 0.3) is 0 Å². The van der Waals surface area contributed by atoms with Gasteiger partial charge in [-0.15, -0.1) is 0 Å². The molecule has 1 unspecified atom stereocenters. The van der Waals surface area contributed by atoms with Crippen molar-refractivity contribution < 1.29 is 24.1 Å². The third-order valence-corrected chi connectivity index (χ3v) is 5.03. The van der Waals surface area contributed by atoms with Crippen molar-refractivity contribution in [2.75, 3.05) is 4.90 Å². The first kappa shape index (κ1) is 22.6. The standard InChI is InChI=1S/C22H22N4O6/c1-13(2)21(29)25(23-20(28)16-6-4-5-7-17(16)26(31)32)18-12-19(27)24(22(18)30)15-10-8-14(3)9-11-15/h4-11,13,18H,12H2,1-3H3,(H,23,28). The molecule has 0 bridgehead atoms. The van der Waals surface area contributed by atoms with Crippen molar-refractivity contribution in [2.24, 2.45) is 5.92 Å². The van der Waals surface area contributed by atoms with Crippen molar-refractivity contribution in [1.82, 2.24) is 10.4 Å². The molecule has 10 nitrogen and oxygen atoms in total. The summed E-state index contributed by atoms with van der Waals surface area (Å²) < 4.78 is 0. The van der Waals surface area contributed by atoms with Crippen molar-refractivity contribution in [3.63, 3.8) is 0 Å². The number of carbonyl (C=O) groups is 4. The minimum absolute atomic E-state index is 0.272. The lowest BCUT2D eigenvalue weighted by molar-refractivity contribution is -0.385. The quantitative estimate of drug-likeness (QED) is 0.433. The van der Waals surface area contributed by atoms with Crippen LogP contribution in [0.4, 0.5) is 11.4 Å². The summed E-state index contributed by atoms with van der Waals surface area (Å²) in [7, 11) is 0. The number of rotatable bonds is 5. The monoisotopic (exact) mass is 438 g/mol. The topological polar surface area (TPSA) is 130 Å². The first-order chi connectivity index (χ1) is 15.1. The molecule has 1 atom stereocenters. The molecule has 1 aliphatic rings. The van der Waals surface area contributed by atoms with Crippen LogP contribution in [0, 0.1) is 23.0 Å². The van der Waals surface area contributed by atoms with Crippen molar-refractivity contribution in [3.8, 4) is 0 Å². The van der Waals surface area contributed by atoms with Gasteiger partial charge in [-0.3, -0.25) is 34.7 Å². The molecule has 2 aromatic rings. The number of aryl methyl sites for hydroxylation is 1. The summed E-state index contributed by atoms with van der Waals surface area (Å²) in [5.74, 6) is -3.34. The van der Waals surface area contributed by atoms with E-state index in [1.807, 2.05) is 6.92 Å². The third-order valence-electron chi connectivity index (χ3n) is 5.03. The number of anilines is 1. The summed E-state index contributed by atoms with van der Waals surface area (Å²) in [6.07, 6.45) is -0.331. The van der Waals surface area contributed by atoms with Gasteiger partial charge in [0.2, 0.25) is 11.8 Å². The minimum Gasteiger partial charge on any atom is -0.274 e. The predicted molar refractivity (Wildman–Crippen MR) is 114 cm³/mol. The number of hydrogen-bond donors (Lipinski definition) is 1. The number of hydrazine groups is 1. The van der Waals surface area contributed by atoms with E-state index in [2.05, 4.69) is 5.43 Å². The average molecular weight is 438 g/mol. The SMILES string of the molecule is Cc1ccc(N2C(=O)CC(N(NC(=O)c3ccccc3[N+](=O)[O-])C(=O)C(C)C)C2=O)cc1. The molecule has 0 saturated carbocycles. The van der Waals surface area contributed by atoms with E-state index in [4.69, 9.17) is 0 Å². The van der Waals surface area contributed by atoms with Gasteiger partial charge in [0.1, 0.15) is 11.6 Å². The molecule has 3 rings (SSSR count). The second kappa shape index (κ2) is 8.96. The molecular weight excluding hydrogens is 416 g/mol. The normalized spacial score (nSPS) is 15.8. The van der Waals surface area contributed by atoms with Gasteiger partial charge in [-0.05, 0) is 25.1 Å². The molecular formula is C22H22N4O6. The Labute approximate surface area is 183 Å². The number of para-hydroxylation sites is 1. The van der Waals surface area contributed by atoms with Crippen LogP contribution in [0.5, 0.6) is 0 Å². The number of carbonyl (C=O) groups excluding carboxylic acids is 4. The molecule has 1 N–H and O–H groups in total. The highest BCUT2D eigenvalue weighted by atomic mass is 16.6. The van der Waals surface area contributed by atoms with Gasteiger partial charge in [-0.1, -0.05) is 43.7 Å². The number of benzene rings is 2. The Kier molecular flexibility index (Phi) is 6.33. The van der Waals surface area contributed by atoms with Gasteiger partial charge >= 0.3 is 0 Å². The van der Waals surface area contributed by atoms with E-state index < -0.39 is 46.2 Å². The maximum atomic E-state index is 13.1. The molecule has 0 aliphatic carbocycles. The second-order valence-electron chi connectivity index (χ2n) is 7.70.